The highest BCUT2D eigenvalue weighted by Crippen LogP contribution is 2.44. The van der Waals surface area contributed by atoms with Crippen LogP contribution in [-0.4, -0.2) is 41.8 Å². The van der Waals surface area contributed by atoms with Crippen LogP contribution in [0.1, 0.15) is 62.5 Å². The van der Waals surface area contributed by atoms with Crippen molar-refractivity contribution in [2.24, 2.45) is 5.92 Å². The highest BCUT2D eigenvalue weighted by molar-refractivity contribution is 5.84. The molecule has 2 unspecified atom stereocenters. The molecule has 2 aromatic carbocycles. The standard InChI is InChI=1S/C27H32N2O5/c1-2-18(14-15-24(30)29-25(26(31)32)17-8-7-9-17)28-27(33)34-16-23-21-12-5-3-10-19(21)20-11-4-6-13-22(20)23/h3-6,10-13,17-18,23,25H,2,7-9,14-16H2,1H3,(H,28,33)(H,29,30)(H,31,32). The van der Waals surface area contributed by atoms with E-state index in [1.807, 2.05) is 31.2 Å². The third-order valence-electron chi connectivity index (χ3n) is 7.08. The number of hydrogen-bond donors (Lipinski definition) is 3. The van der Waals surface area contributed by atoms with Gasteiger partial charge in [-0.2, -0.15) is 0 Å². The molecule has 7 heteroatoms. The van der Waals surface area contributed by atoms with Crippen molar-refractivity contribution in [3.63, 3.8) is 0 Å². The van der Waals surface area contributed by atoms with Gasteiger partial charge in [0.25, 0.3) is 0 Å². The smallest absolute Gasteiger partial charge is 0.407 e. The van der Waals surface area contributed by atoms with Gasteiger partial charge in [0.05, 0.1) is 0 Å². The monoisotopic (exact) mass is 464 g/mol. The van der Waals surface area contributed by atoms with Gasteiger partial charge in [-0.05, 0) is 53.9 Å². The highest BCUT2D eigenvalue weighted by atomic mass is 16.5. The van der Waals surface area contributed by atoms with Gasteiger partial charge in [0.1, 0.15) is 12.6 Å². The highest BCUT2D eigenvalue weighted by Gasteiger charge is 2.34. The van der Waals surface area contributed by atoms with Gasteiger partial charge in [-0.15, -0.1) is 0 Å². The molecule has 2 amide bonds. The van der Waals surface area contributed by atoms with Gasteiger partial charge < -0.3 is 20.5 Å². The minimum Gasteiger partial charge on any atom is -0.480 e. The molecule has 4 rings (SSSR count). The van der Waals surface area contributed by atoms with Crippen molar-refractivity contribution in [3.05, 3.63) is 59.7 Å². The second kappa shape index (κ2) is 10.7. The summed E-state index contributed by atoms with van der Waals surface area (Å²) >= 11 is 0. The number of carboxylic acid groups (broad SMARTS) is 1. The largest absolute Gasteiger partial charge is 0.480 e. The van der Waals surface area contributed by atoms with Crippen molar-refractivity contribution in [2.45, 2.75) is 63.5 Å². The number of benzene rings is 2. The summed E-state index contributed by atoms with van der Waals surface area (Å²) in [4.78, 5) is 36.3. The van der Waals surface area contributed by atoms with Gasteiger partial charge >= 0.3 is 12.1 Å². The zero-order valence-corrected chi connectivity index (χ0v) is 19.5. The Hall–Kier alpha value is -3.35. The maximum Gasteiger partial charge on any atom is 0.407 e. The van der Waals surface area contributed by atoms with E-state index in [0.717, 1.165) is 30.4 Å². The molecular formula is C27H32N2O5. The first-order valence-corrected chi connectivity index (χ1v) is 12.1. The molecule has 1 fully saturated rings. The minimum absolute atomic E-state index is 0.0107. The quantitative estimate of drug-likeness (QED) is 0.482. The predicted molar refractivity (Wildman–Crippen MR) is 128 cm³/mol. The Morgan fingerprint density at radius 3 is 2.15 bits per heavy atom. The summed E-state index contributed by atoms with van der Waals surface area (Å²) in [5.74, 6) is -1.28. The Balaban J connectivity index is 1.27. The maximum absolute atomic E-state index is 12.5. The van der Waals surface area contributed by atoms with Crippen molar-refractivity contribution in [3.8, 4) is 11.1 Å². The number of carboxylic acids is 1. The molecule has 0 aliphatic heterocycles. The Labute approximate surface area is 199 Å². The van der Waals surface area contributed by atoms with Gasteiger partial charge in [-0.3, -0.25) is 4.79 Å². The summed E-state index contributed by atoms with van der Waals surface area (Å²) in [7, 11) is 0. The molecule has 2 aliphatic carbocycles. The number of amides is 2. The van der Waals surface area contributed by atoms with Crippen molar-refractivity contribution in [1.82, 2.24) is 10.6 Å². The van der Waals surface area contributed by atoms with Crippen molar-refractivity contribution < 1.29 is 24.2 Å². The molecule has 34 heavy (non-hydrogen) atoms. The molecule has 0 radical (unpaired) electrons. The number of fused-ring (bicyclic) bond motifs is 3. The maximum atomic E-state index is 12.5. The van der Waals surface area contributed by atoms with Crippen LogP contribution in [0, 0.1) is 5.92 Å². The molecule has 0 bridgehead atoms. The lowest BCUT2D eigenvalue weighted by atomic mass is 9.79. The molecule has 1 saturated carbocycles. The van der Waals surface area contributed by atoms with Crippen LogP contribution in [-0.2, 0) is 14.3 Å². The first-order valence-electron chi connectivity index (χ1n) is 12.1. The summed E-state index contributed by atoms with van der Waals surface area (Å²) in [6, 6.07) is 15.3. The second-order valence-corrected chi connectivity index (χ2v) is 9.19. The Morgan fingerprint density at radius 2 is 1.62 bits per heavy atom. The van der Waals surface area contributed by atoms with E-state index >= 15 is 0 Å². The normalized spacial score (nSPS) is 16.5. The zero-order valence-electron chi connectivity index (χ0n) is 19.5. The zero-order chi connectivity index (χ0) is 24.1. The number of carbonyl (C=O) groups is 3. The lowest BCUT2D eigenvalue weighted by Gasteiger charge is -2.31. The van der Waals surface area contributed by atoms with Crippen LogP contribution in [0.5, 0.6) is 0 Å². The second-order valence-electron chi connectivity index (χ2n) is 9.19. The molecule has 0 saturated heterocycles. The van der Waals surface area contributed by atoms with Crippen LogP contribution in [0.25, 0.3) is 11.1 Å². The fourth-order valence-electron chi connectivity index (χ4n) is 4.89. The van der Waals surface area contributed by atoms with Gasteiger partial charge in [-0.1, -0.05) is 61.9 Å². The number of alkyl carbamates (subject to hydrolysis) is 1. The first kappa shape index (κ1) is 23.8. The van der Waals surface area contributed by atoms with E-state index in [0.29, 0.717) is 12.8 Å². The fourth-order valence-corrected chi connectivity index (χ4v) is 4.89. The molecule has 180 valence electrons. The molecule has 2 aliphatic rings. The average Bonchev–Trinajstić information content (AvgIpc) is 3.12. The van der Waals surface area contributed by atoms with Crippen LogP contribution in [0.4, 0.5) is 4.79 Å². The third-order valence-corrected chi connectivity index (χ3v) is 7.08. The molecule has 0 spiro atoms. The Kier molecular flexibility index (Phi) is 7.50. The van der Waals surface area contributed by atoms with E-state index in [1.165, 1.54) is 11.1 Å². The molecule has 3 N–H and O–H groups in total. The van der Waals surface area contributed by atoms with Crippen LogP contribution in [0.2, 0.25) is 0 Å². The van der Waals surface area contributed by atoms with Crippen LogP contribution in [0.3, 0.4) is 0 Å². The van der Waals surface area contributed by atoms with Crippen molar-refractivity contribution >= 4 is 18.0 Å². The molecule has 2 atom stereocenters. The van der Waals surface area contributed by atoms with Crippen LogP contribution >= 0.6 is 0 Å². The predicted octanol–water partition coefficient (Wildman–Crippen LogP) is 4.45. The SMILES string of the molecule is CCC(CCC(=O)NC(C(=O)O)C1CCC1)NC(=O)OCC1c2ccccc2-c2ccccc21. The fraction of sp³-hybridized carbons (Fsp3) is 0.444. The number of ether oxygens (including phenoxy) is 1. The summed E-state index contributed by atoms with van der Waals surface area (Å²) < 4.78 is 5.60. The van der Waals surface area contributed by atoms with Gasteiger partial charge in [-0.25, -0.2) is 9.59 Å². The molecule has 2 aromatic rings. The lowest BCUT2D eigenvalue weighted by molar-refractivity contribution is -0.144. The van der Waals surface area contributed by atoms with E-state index in [-0.39, 0.29) is 36.8 Å². The number of hydrogen-bond acceptors (Lipinski definition) is 4. The van der Waals surface area contributed by atoms with E-state index in [2.05, 4.69) is 34.9 Å². The summed E-state index contributed by atoms with van der Waals surface area (Å²) in [6.07, 6.45) is 3.37. The third kappa shape index (κ3) is 5.24. The summed E-state index contributed by atoms with van der Waals surface area (Å²) in [5, 5.41) is 14.9. The van der Waals surface area contributed by atoms with Gasteiger partial charge in [0, 0.05) is 18.4 Å². The van der Waals surface area contributed by atoms with Crippen LogP contribution < -0.4 is 10.6 Å². The van der Waals surface area contributed by atoms with E-state index in [9.17, 15) is 19.5 Å². The van der Waals surface area contributed by atoms with E-state index in [1.54, 1.807) is 0 Å². The molecule has 0 aromatic heterocycles. The summed E-state index contributed by atoms with van der Waals surface area (Å²) in [5.41, 5.74) is 4.65. The van der Waals surface area contributed by atoms with E-state index < -0.39 is 18.1 Å². The van der Waals surface area contributed by atoms with E-state index in [4.69, 9.17) is 4.74 Å². The topological polar surface area (TPSA) is 105 Å². The number of aliphatic carboxylic acids is 1. The number of carbonyl (C=O) groups excluding carboxylic acids is 2. The molecular weight excluding hydrogens is 432 g/mol. The number of nitrogens with one attached hydrogen (secondary N) is 2. The molecule has 0 heterocycles. The van der Waals surface area contributed by atoms with Crippen LogP contribution in [0.15, 0.2) is 48.5 Å². The minimum atomic E-state index is -0.984. The van der Waals surface area contributed by atoms with Crippen molar-refractivity contribution in [2.75, 3.05) is 6.61 Å². The lowest BCUT2D eigenvalue weighted by Crippen LogP contribution is -2.48. The average molecular weight is 465 g/mol. The Bertz CT molecular complexity index is 1000. The number of rotatable bonds is 10. The first-order chi connectivity index (χ1) is 16.5. The van der Waals surface area contributed by atoms with Gasteiger partial charge in [0.15, 0.2) is 0 Å². The van der Waals surface area contributed by atoms with Crippen molar-refractivity contribution in [1.29, 1.82) is 0 Å². The molecule has 7 nitrogen and oxygen atoms in total. The summed E-state index contributed by atoms with van der Waals surface area (Å²) in [6.45, 7) is 2.17. The van der Waals surface area contributed by atoms with Gasteiger partial charge in [0.2, 0.25) is 5.91 Å². The Morgan fingerprint density at radius 1 is 1.00 bits per heavy atom.